The van der Waals surface area contributed by atoms with Gasteiger partial charge >= 0.3 is 12.0 Å². The summed E-state index contributed by atoms with van der Waals surface area (Å²) in [5, 5.41) is 14.3. The molecule has 0 unspecified atom stereocenters. The highest BCUT2D eigenvalue weighted by atomic mass is 16.4. The predicted octanol–water partition coefficient (Wildman–Crippen LogP) is 2.37. The zero-order chi connectivity index (χ0) is 14.3. The number of urea groups is 1. The molecule has 0 radical (unpaired) electrons. The first-order valence-electron chi connectivity index (χ1n) is 7.30. The van der Waals surface area contributed by atoms with Gasteiger partial charge in [-0.05, 0) is 31.1 Å². The van der Waals surface area contributed by atoms with Crippen molar-refractivity contribution in [3.63, 3.8) is 0 Å². The number of carbonyl (C=O) groups is 2. The Balaban J connectivity index is 2.24. The molecule has 19 heavy (non-hydrogen) atoms. The minimum Gasteiger partial charge on any atom is -0.480 e. The molecule has 0 aromatic rings. The van der Waals surface area contributed by atoms with E-state index in [0.717, 1.165) is 25.2 Å². The third-order valence-electron chi connectivity index (χ3n) is 3.87. The fourth-order valence-corrected chi connectivity index (χ4v) is 2.53. The molecule has 110 valence electrons. The first-order valence-corrected chi connectivity index (χ1v) is 7.30. The maximum absolute atomic E-state index is 11.7. The normalized spacial score (nSPS) is 24.5. The number of carboxylic acid groups (broad SMARTS) is 1. The molecule has 1 aliphatic carbocycles. The van der Waals surface area contributed by atoms with Crippen LogP contribution in [0.25, 0.3) is 0 Å². The summed E-state index contributed by atoms with van der Waals surface area (Å²) in [4.78, 5) is 22.6. The summed E-state index contributed by atoms with van der Waals surface area (Å²) in [6.07, 6.45) is 5.95. The highest BCUT2D eigenvalue weighted by Crippen LogP contribution is 2.27. The number of nitrogens with one attached hydrogen (secondary N) is 2. The van der Waals surface area contributed by atoms with Gasteiger partial charge in [0.15, 0.2) is 0 Å². The Hall–Kier alpha value is -1.26. The van der Waals surface area contributed by atoms with Crippen molar-refractivity contribution in [1.82, 2.24) is 10.6 Å². The lowest BCUT2D eigenvalue weighted by Gasteiger charge is -2.26. The highest BCUT2D eigenvalue weighted by molar-refractivity contribution is 5.82. The predicted molar refractivity (Wildman–Crippen MR) is 74.0 cm³/mol. The Morgan fingerprint density at radius 3 is 2.42 bits per heavy atom. The van der Waals surface area contributed by atoms with E-state index in [0.29, 0.717) is 18.9 Å². The fraction of sp³-hybridized carbons (Fsp3) is 0.857. The average Bonchev–Trinajstić information content (AvgIpc) is 2.37. The second kappa shape index (κ2) is 8.02. The molecule has 0 spiro atoms. The number of carbonyl (C=O) groups excluding carboxylic acids is 1. The first-order chi connectivity index (χ1) is 9.02. The van der Waals surface area contributed by atoms with Crippen LogP contribution < -0.4 is 10.6 Å². The van der Waals surface area contributed by atoms with Crippen LogP contribution in [-0.2, 0) is 4.79 Å². The number of hydrogen-bond donors (Lipinski definition) is 3. The molecule has 1 rings (SSSR count). The zero-order valence-electron chi connectivity index (χ0n) is 11.9. The zero-order valence-corrected chi connectivity index (χ0v) is 11.9. The lowest BCUT2D eigenvalue weighted by Crippen LogP contribution is -2.47. The molecule has 1 fully saturated rings. The van der Waals surface area contributed by atoms with Gasteiger partial charge in [-0.25, -0.2) is 9.59 Å². The maximum atomic E-state index is 11.7. The molecule has 0 aliphatic heterocycles. The first kappa shape index (κ1) is 15.8. The summed E-state index contributed by atoms with van der Waals surface area (Å²) in [6, 6.07) is -1.14. The molecule has 0 aromatic heterocycles. The summed E-state index contributed by atoms with van der Waals surface area (Å²) >= 11 is 0. The standard InChI is InChI=1S/C14H26N2O3/c1-3-4-12(13(17)18)16-14(19)15-9-11-7-5-10(2)6-8-11/h10-12H,3-9H2,1-2H3,(H,17,18)(H2,15,16,19)/t10?,11?,12-/m1/s1. The maximum Gasteiger partial charge on any atom is 0.326 e. The van der Waals surface area contributed by atoms with E-state index in [1.807, 2.05) is 6.92 Å². The smallest absolute Gasteiger partial charge is 0.326 e. The Labute approximate surface area is 115 Å². The molecule has 0 heterocycles. The lowest BCUT2D eigenvalue weighted by molar-refractivity contribution is -0.139. The molecule has 0 bridgehead atoms. The van der Waals surface area contributed by atoms with Gasteiger partial charge in [-0.15, -0.1) is 0 Å². The second-order valence-electron chi connectivity index (χ2n) is 5.66. The molecule has 0 saturated heterocycles. The third kappa shape index (κ3) is 5.94. The van der Waals surface area contributed by atoms with Crippen molar-refractivity contribution in [2.24, 2.45) is 11.8 Å². The molecule has 0 aromatic carbocycles. The van der Waals surface area contributed by atoms with Crippen molar-refractivity contribution in [2.45, 2.75) is 58.4 Å². The van der Waals surface area contributed by atoms with E-state index in [4.69, 9.17) is 5.11 Å². The van der Waals surface area contributed by atoms with E-state index in [2.05, 4.69) is 17.6 Å². The van der Waals surface area contributed by atoms with Crippen LogP contribution in [0.3, 0.4) is 0 Å². The van der Waals surface area contributed by atoms with Gasteiger partial charge in [-0.3, -0.25) is 0 Å². The van der Waals surface area contributed by atoms with Crippen LogP contribution in [0.5, 0.6) is 0 Å². The van der Waals surface area contributed by atoms with Gasteiger partial charge < -0.3 is 15.7 Å². The van der Waals surface area contributed by atoms with Crippen molar-refractivity contribution in [2.75, 3.05) is 6.54 Å². The minimum atomic E-state index is -0.969. The van der Waals surface area contributed by atoms with Crippen molar-refractivity contribution in [3.05, 3.63) is 0 Å². The van der Waals surface area contributed by atoms with E-state index in [9.17, 15) is 9.59 Å². The molecule has 1 atom stereocenters. The van der Waals surface area contributed by atoms with Crippen LogP contribution in [-0.4, -0.2) is 29.7 Å². The van der Waals surface area contributed by atoms with E-state index in [1.165, 1.54) is 12.8 Å². The van der Waals surface area contributed by atoms with Gasteiger partial charge in [0.2, 0.25) is 0 Å². The topological polar surface area (TPSA) is 78.4 Å². The van der Waals surface area contributed by atoms with E-state index in [-0.39, 0.29) is 6.03 Å². The lowest BCUT2D eigenvalue weighted by atomic mass is 9.83. The van der Waals surface area contributed by atoms with Crippen LogP contribution in [0.15, 0.2) is 0 Å². The summed E-state index contributed by atoms with van der Waals surface area (Å²) < 4.78 is 0. The van der Waals surface area contributed by atoms with Gasteiger partial charge in [-0.1, -0.05) is 33.1 Å². The van der Waals surface area contributed by atoms with Crippen molar-refractivity contribution < 1.29 is 14.7 Å². The monoisotopic (exact) mass is 270 g/mol. The second-order valence-corrected chi connectivity index (χ2v) is 5.66. The number of rotatable bonds is 6. The fourth-order valence-electron chi connectivity index (χ4n) is 2.53. The molecule has 5 nitrogen and oxygen atoms in total. The van der Waals surface area contributed by atoms with Crippen LogP contribution >= 0.6 is 0 Å². The number of amides is 2. The third-order valence-corrected chi connectivity index (χ3v) is 3.87. The summed E-state index contributed by atoms with van der Waals surface area (Å²) in [5.41, 5.74) is 0. The Bertz CT molecular complexity index is 299. The SMILES string of the molecule is CCC[C@@H](NC(=O)NCC1CCC(C)CC1)C(=O)O. The average molecular weight is 270 g/mol. The van der Waals surface area contributed by atoms with Crippen LogP contribution in [0.2, 0.25) is 0 Å². The Kier molecular flexibility index (Phi) is 6.67. The van der Waals surface area contributed by atoms with E-state index in [1.54, 1.807) is 0 Å². The van der Waals surface area contributed by atoms with E-state index >= 15 is 0 Å². The molecule has 2 amide bonds. The molecular weight excluding hydrogens is 244 g/mol. The Morgan fingerprint density at radius 2 is 1.89 bits per heavy atom. The van der Waals surface area contributed by atoms with E-state index < -0.39 is 12.0 Å². The molecule has 3 N–H and O–H groups in total. The number of hydrogen-bond acceptors (Lipinski definition) is 2. The summed E-state index contributed by atoms with van der Waals surface area (Å²) in [7, 11) is 0. The summed E-state index contributed by atoms with van der Waals surface area (Å²) in [6.45, 7) is 4.81. The van der Waals surface area contributed by atoms with Gasteiger partial charge in [0.05, 0.1) is 0 Å². The van der Waals surface area contributed by atoms with Gasteiger partial charge in [0.25, 0.3) is 0 Å². The van der Waals surface area contributed by atoms with Crippen LogP contribution in [0.1, 0.15) is 52.4 Å². The van der Waals surface area contributed by atoms with Gasteiger partial charge in [-0.2, -0.15) is 0 Å². The van der Waals surface area contributed by atoms with Crippen LogP contribution in [0.4, 0.5) is 4.79 Å². The molecular formula is C14H26N2O3. The number of aliphatic carboxylic acids is 1. The van der Waals surface area contributed by atoms with Crippen molar-refractivity contribution in [3.8, 4) is 0 Å². The van der Waals surface area contributed by atoms with Crippen molar-refractivity contribution in [1.29, 1.82) is 0 Å². The van der Waals surface area contributed by atoms with Gasteiger partial charge in [0.1, 0.15) is 6.04 Å². The van der Waals surface area contributed by atoms with Crippen molar-refractivity contribution >= 4 is 12.0 Å². The van der Waals surface area contributed by atoms with Crippen LogP contribution in [0, 0.1) is 11.8 Å². The van der Waals surface area contributed by atoms with Gasteiger partial charge in [0, 0.05) is 6.54 Å². The molecule has 5 heteroatoms. The molecule has 1 aliphatic rings. The Morgan fingerprint density at radius 1 is 1.26 bits per heavy atom. The highest BCUT2D eigenvalue weighted by Gasteiger charge is 2.21. The quantitative estimate of drug-likeness (QED) is 0.693. The minimum absolute atomic E-state index is 0.362. The summed E-state index contributed by atoms with van der Waals surface area (Å²) in [5.74, 6) is 0.367. The molecule has 1 saturated carbocycles. The number of carboxylic acids is 1. The largest absolute Gasteiger partial charge is 0.480 e.